The van der Waals surface area contributed by atoms with Gasteiger partial charge in [-0.25, -0.2) is 4.98 Å². The molecule has 0 atom stereocenters. The van der Waals surface area contributed by atoms with E-state index in [-0.39, 0.29) is 11.7 Å². The summed E-state index contributed by atoms with van der Waals surface area (Å²) in [6, 6.07) is 15.4. The Morgan fingerprint density at radius 1 is 1.15 bits per heavy atom. The highest BCUT2D eigenvalue weighted by molar-refractivity contribution is 8.00. The molecule has 0 saturated carbocycles. The molecule has 0 fully saturated rings. The van der Waals surface area contributed by atoms with Gasteiger partial charge >= 0.3 is 0 Å². The fourth-order valence-corrected chi connectivity index (χ4v) is 5.32. The molecule has 0 radical (unpaired) electrons. The summed E-state index contributed by atoms with van der Waals surface area (Å²) in [6.07, 6.45) is 0. The lowest BCUT2D eigenvalue weighted by atomic mass is 10.0. The maximum atomic E-state index is 12.7. The van der Waals surface area contributed by atoms with E-state index in [1.807, 2.05) is 40.4 Å². The molecular weight excluding hydrogens is 474 g/mol. The molecule has 0 saturated heterocycles. The lowest BCUT2D eigenvalue weighted by Gasteiger charge is -2.12. The maximum absolute atomic E-state index is 12.7. The van der Waals surface area contributed by atoms with Gasteiger partial charge in [-0.2, -0.15) is 16.6 Å². The third-order valence-electron chi connectivity index (χ3n) is 4.71. The number of methoxy groups -OCH3 is 2. The molecule has 4 aromatic rings. The molecule has 0 aliphatic rings. The number of anilines is 1. The van der Waals surface area contributed by atoms with E-state index in [4.69, 9.17) is 14.5 Å². The highest BCUT2D eigenvalue weighted by Crippen LogP contribution is 2.36. The summed E-state index contributed by atoms with van der Waals surface area (Å²) in [5.41, 5.74) is 3.64. The number of carbonyl (C=O) groups excluding carboxylic acids is 1. The molecule has 0 spiro atoms. The molecule has 0 unspecified atom stereocenters. The molecule has 1 amide bonds. The minimum absolute atomic E-state index is 0.104. The number of nitriles is 1. The van der Waals surface area contributed by atoms with Crippen molar-refractivity contribution in [2.24, 2.45) is 0 Å². The van der Waals surface area contributed by atoms with E-state index in [0.29, 0.717) is 27.8 Å². The van der Waals surface area contributed by atoms with Gasteiger partial charge < -0.3 is 14.8 Å². The number of hydrogen-bond acceptors (Lipinski definition) is 8. The van der Waals surface area contributed by atoms with Crippen LogP contribution in [0.4, 0.5) is 5.69 Å². The Morgan fingerprint density at radius 3 is 2.67 bits per heavy atom. The molecule has 166 valence electrons. The Bertz CT molecular complexity index is 1300. The zero-order valence-electron chi connectivity index (χ0n) is 17.8. The first kappa shape index (κ1) is 22.9. The average Bonchev–Trinajstić information content (AvgIpc) is 3.56. The summed E-state index contributed by atoms with van der Waals surface area (Å²) < 4.78 is 10.5. The van der Waals surface area contributed by atoms with Crippen LogP contribution in [-0.2, 0) is 4.79 Å². The summed E-state index contributed by atoms with van der Waals surface area (Å²) in [6.45, 7) is 0. The first-order valence-electron chi connectivity index (χ1n) is 9.79. The molecule has 3 aromatic heterocycles. The molecule has 0 aliphatic heterocycles. The number of ether oxygens (including phenoxy) is 2. The lowest BCUT2D eigenvalue weighted by Crippen LogP contribution is -2.14. The number of pyridine rings is 1. The fraction of sp³-hybridized carbons (Fsp3) is 0.125. The van der Waals surface area contributed by atoms with Crippen LogP contribution in [0.25, 0.3) is 21.7 Å². The van der Waals surface area contributed by atoms with E-state index in [1.54, 1.807) is 55.1 Å². The normalized spacial score (nSPS) is 10.5. The summed E-state index contributed by atoms with van der Waals surface area (Å²) in [7, 11) is 3.10. The first-order chi connectivity index (χ1) is 16.1. The molecule has 1 N–H and O–H groups in total. The molecule has 6 nitrogen and oxygen atoms in total. The van der Waals surface area contributed by atoms with Crippen LogP contribution in [0.5, 0.6) is 11.5 Å². The average molecular weight is 494 g/mol. The van der Waals surface area contributed by atoms with Crippen LogP contribution in [0.15, 0.2) is 63.6 Å². The molecule has 3 heterocycles. The molecule has 4 rings (SSSR count). The highest BCUT2D eigenvalue weighted by Gasteiger charge is 2.18. The Morgan fingerprint density at radius 2 is 2.00 bits per heavy atom. The van der Waals surface area contributed by atoms with Crippen molar-refractivity contribution in [1.29, 1.82) is 5.26 Å². The monoisotopic (exact) mass is 493 g/mol. The largest absolute Gasteiger partial charge is 0.493 e. The third kappa shape index (κ3) is 5.20. The van der Waals surface area contributed by atoms with Crippen LogP contribution in [0.3, 0.4) is 0 Å². The second-order valence-corrected chi connectivity index (χ2v) is 9.43. The molecular formula is C24H19N3O3S3. The molecule has 0 aliphatic carbocycles. The maximum Gasteiger partial charge on any atom is 0.234 e. The number of amides is 1. The summed E-state index contributed by atoms with van der Waals surface area (Å²) >= 11 is 4.40. The van der Waals surface area contributed by atoms with Crippen molar-refractivity contribution < 1.29 is 14.3 Å². The smallest absolute Gasteiger partial charge is 0.234 e. The van der Waals surface area contributed by atoms with Crippen LogP contribution in [0.2, 0.25) is 0 Å². The number of thiophene rings is 2. The Balaban J connectivity index is 1.58. The number of benzene rings is 1. The number of rotatable bonds is 8. The minimum Gasteiger partial charge on any atom is -0.493 e. The van der Waals surface area contributed by atoms with Gasteiger partial charge in [-0.05, 0) is 52.0 Å². The van der Waals surface area contributed by atoms with Gasteiger partial charge in [0.25, 0.3) is 0 Å². The van der Waals surface area contributed by atoms with Gasteiger partial charge in [-0.3, -0.25) is 4.79 Å². The minimum atomic E-state index is -0.212. The first-order valence-corrected chi connectivity index (χ1v) is 12.6. The lowest BCUT2D eigenvalue weighted by molar-refractivity contribution is -0.113. The topological polar surface area (TPSA) is 84.2 Å². The second-order valence-electron chi connectivity index (χ2n) is 6.74. The summed E-state index contributed by atoms with van der Waals surface area (Å²) in [5, 5.41) is 19.3. The van der Waals surface area contributed by atoms with E-state index in [0.717, 1.165) is 21.7 Å². The van der Waals surface area contributed by atoms with Crippen molar-refractivity contribution in [3.8, 4) is 39.3 Å². The van der Waals surface area contributed by atoms with Gasteiger partial charge in [-0.15, -0.1) is 11.3 Å². The SMILES string of the molecule is COc1ccc(NC(=O)CSc2nc(-c3cccs3)cc(-c3ccsc3)c2C#N)cc1OC. The zero-order chi connectivity index (χ0) is 23.2. The zero-order valence-corrected chi connectivity index (χ0v) is 20.3. The quantitative estimate of drug-likeness (QED) is 0.296. The van der Waals surface area contributed by atoms with E-state index in [2.05, 4.69) is 11.4 Å². The Kier molecular flexibility index (Phi) is 7.29. The van der Waals surface area contributed by atoms with Crippen molar-refractivity contribution in [3.05, 3.63) is 64.2 Å². The third-order valence-corrected chi connectivity index (χ3v) is 7.26. The van der Waals surface area contributed by atoms with Crippen LogP contribution in [0, 0.1) is 11.3 Å². The predicted molar refractivity (Wildman–Crippen MR) is 134 cm³/mol. The molecule has 1 aromatic carbocycles. The van der Waals surface area contributed by atoms with Crippen LogP contribution >= 0.6 is 34.4 Å². The second kappa shape index (κ2) is 10.5. The number of aromatic nitrogens is 1. The summed E-state index contributed by atoms with van der Waals surface area (Å²) in [4.78, 5) is 18.4. The van der Waals surface area contributed by atoms with Gasteiger partial charge in [0.15, 0.2) is 11.5 Å². The van der Waals surface area contributed by atoms with Crippen LogP contribution in [-0.4, -0.2) is 30.9 Å². The number of nitrogens with one attached hydrogen (secondary N) is 1. The van der Waals surface area contributed by atoms with E-state index in [9.17, 15) is 10.1 Å². The van der Waals surface area contributed by atoms with Crippen LogP contribution < -0.4 is 14.8 Å². The van der Waals surface area contributed by atoms with Gasteiger partial charge in [0.1, 0.15) is 11.1 Å². The Labute approximate surface area is 203 Å². The van der Waals surface area contributed by atoms with E-state index >= 15 is 0 Å². The van der Waals surface area contributed by atoms with Crippen molar-refractivity contribution >= 4 is 46.0 Å². The summed E-state index contributed by atoms with van der Waals surface area (Å²) in [5.74, 6) is 1.00. The number of hydrogen-bond donors (Lipinski definition) is 1. The van der Waals surface area contributed by atoms with Gasteiger partial charge in [0.05, 0.1) is 36.1 Å². The van der Waals surface area contributed by atoms with Crippen molar-refractivity contribution in [2.75, 3.05) is 25.3 Å². The fourth-order valence-electron chi connectivity index (χ4n) is 3.18. The molecule has 0 bridgehead atoms. The highest BCUT2D eigenvalue weighted by atomic mass is 32.2. The Hall–Kier alpha value is -3.32. The number of nitrogens with zero attached hydrogens (tertiary/aromatic N) is 2. The van der Waals surface area contributed by atoms with Gasteiger partial charge in [0.2, 0.25) is 5.91 Å². The van der Waals surface area contributed by atoms with E-state index < -0.39 is 0 Å². The number of carbonyl (C=O) groups is 1. The van der Waals surface area contributed by atoms with Gasteiger partial charge in [-0.1, -0.05) is 17.8 Å². The standard InChI is InChI=1S/C24H19N3O3S3/c1-29-20-6-5-16(10-21(20)30-2)26-23(28)14-33-24-18(12-25)17(15-7-9-31-13-15)11-19(27-24)22-4-3-8-32-22/h3-11,13H,14H2,1-2H3,(H,26,28). The van der Waals surface area contributed by atoms with Crippen molar-refractivity contribution in [1.82, 2.24) is 4.98 Å². The predicted octanol–water partition coefficient (Wildman–Crippen LogP) is 6.16. The van der Waals surface area contributed by atoms with Crippen molar-refractivity contribution in [2.45, 2.75) is 5.03 Å². The molecule has 9 heteroatoms. The van der Waals surface area contributed by atoms with Crippen LogP contribution in [0.1, 0.15) is 5.56 Å². The number of thioether (sulfide) groups is 1. The van der Waals surface area contributed by atoms with Crippen molar-refractivity contribution in [3.63, 3.8) is 0 Å². The molecule has 33 heavy (non-hydrogen) atoms. The van der Waals surface area contributed by atoms with E-state index in [1.165, 1.54) is 11.8 Å². The van der Waals surface area contributed by atoms with Gasteiger partial charge in [0, 0.05) is 17.3 Å².